The van der Waals surface area contributed by atoms with E-state index in [9.17, 15) is 4.79 Å². The van der Waals surface area contributed by atoms with Gasteiger partial charge < -0.3 is 29.4 Å². The monoisotopic (exact) mass is 525 g/mol. The first-order chi connectivity index (χ1) is 19.0. The summed E-state index contributed by atoms with van der Waals surface area (Å²) >= 11 is 0. The summed E-state index contributed by atoms with van der Waals surface area (Å²) in [6.45, 7) is 2.61. The average Bonchev–Trinajstić information content (AvgIpc) is 3.67. The molecule has 0 radical (unpaired) electrons. The molecule has 4 heterocycles. The maximum Gasteiger partial charge on any atom is 0.254 e. The summed E-state index contributed by atoms with van der Waals surface area (Å²) in [4.78, 5) is 26.4. The number of anilines is 2. The van der Waals surface area contributed by atoms with Gasteiger partial charge in [0, 0.05) is 49.1 Å². The van der Waals surface area contributed by atoms with Crippen molar-refractivity contribution in [1.82, 2.24) is 24.5 Å². The Balaban J connectivity index is 1.18. The van der Waals surface area contributed by atoms with Crippen molar-refractivity contribution in [2.45, 2.75) is 0 Å². The first-order valence-corrected chi connectivity index (χ1v) is 12.5. The van der Waals surface area contributed by atoms with Crippen LogP contribution in [0.25, 0.3) is 28.5 Å². The van der Waals surface area contributed by atoms with E-state index in [-0.39, 0.29) is 11.9 Å². The number of benzene rings is 2. The summed E-state index contributed by atoms with van der Waals surface area (Å²) in [6.07, 6.45) is 1.57. The molecule has 5 aromatic rings. The van der Waals surface area contributed by atoms with Crippen LogP contribution in [-0.2, 0) is 0 Å². The number of hydrogen-bond acceptors (Lipinski definition) is 9. The first kappa shape index (κ1) is 24.3. The van der Waals surface area contributed by atoms with Crippen molar-refractivity contribution in [2.24, 2.45) is 0 Å². The summed E-state index contributed by atoms with van der Waals surface area (Å²) in [5.74, 6) is 2.34. The Kier molecular flexibility index (Phi) is 6.23. The molecule has 0 aliphatic carbocycles. The Labute approximate surface area is 224 Å². The smallest absolute Gasteiger partial charge is 0.254 e. The number of ether oxygens (including phenoxy) is 2. The number of rotatable bonds is 6. The van der Waals surface area contributed by atoms with Gasteiger partial charge in [0.15, 0.2) is 22.9 Å². The quantitative estimate of drug-likeness (QED) is 0.354. The minimum atomic E-state index is -0.0282. The number of fused-ring (bicyclic) bond motifs is 1. The van der Waals surface area contributed by atoms with Crippen molar-refractivity contribution >= 4 is 23.2 Å². The largest absolute Gasteiger partial charge is 0.493 e. The third-order valence-corrected chi connectivity index (χ3v) is 6.80. The van der Waals surface area contributed by atoms with Gasteiger partial charge >= 0.3 is 0 Å². The van der Waals surface area contributed by atoms with E-state index >= 15 is 0 Å². The van der Waals surface area contributed by atoms with Crippen molar-refractivity contribution < 1.29 is 18.7 Å². The number of methoxy groups -OCH3 is 2. The van der Waals surface area contributed by atoms with Crippen LogP contribution in [0.3, 0.4) is 0 Å². The third-order valence-electron chi connectivity index (χ3n) is 6.80. The van der Waals surface area contributed by atoms with Gasteiger partial charge in [-0.1, -0.05) is 12.1 Å². The first-order valence-electron chi connectivity index (χ1n) is 12.5. The molecule has 0 bridgehead atoms. The molecule has 198 valence electrons. The lowest BCUT2D eigenvalue weighted by Gasteiger charge is -2.36. The van der Waals surface area contributed by atoms with Gasteiger partial charge in [0.1, 0.15) is 0 Å². The van der Waals surface area contributed by atoms with E-state index in [4.69, 9.17) is 19.6 Å². The van der Waals surface area contributed by atoms with Crippen molar-refractivity contribution in [3.8, 4) is 34.3 Å². The summed E-state index contributed by atoms with van der Waals surface area (Å²) < 4.78 is 17.6. The number of nitrogen functional groups attached to an aromatic ring is 1. The summed E-state index contributed by atoms with van der Waals surface area (Å²) in [5, 5.41) is 4.41. The van der Waals surface area contributed by atoms with Crippen LogP contribution in [0, 0.1) is 0 Å². The maximum absolute atomic E-state index is 13.1. The molecule has 2 N–H and O–H groups in total. The van der Waals surface area contributed by atoms with E-state index in [1.54, 1.807) is 50.8 Å². The molecule has 2 aromatic carbocycles. The van der Waals surface area contributed by atoms with Gasteiger partial charge in [0.05, 0.1) is 26.2 Å². The number of furan rings is 1. The van der Waals surface area contributed by atoms with Crippen molar-refractivity contribution in [1.29, 1.82) is 0 Å². The summed E-state index contributed by atoms with van der Waals surface area (Å²) in [6, 6.07) is 18.8. The zero-order valence-electron chi connectivity index (χ0n) is 21.6. The lowest BCUT2D eigenvalue weighted by molar-refractivity contribution is 0.0746. The highest BCUT2D eigenvalue weighted by molar-refractivity contribution is 5.95. The third kappa shape index (κ3) is 4.58. The number of nitrogens with two attached hydrogens (primary N) is 1. The van der Waals surface area contributed by atoms with Crippen LogP contribution in [0.4, 0.5) is 11.6 Å². The molecule has 0 unspecified atom stereocenters. The van der Waals surface area contributed by atoms with Crippen LogP contribution in [0.5, 0.6) is 11.5 Å². The molecule has 0 saturated carbocycles. The topological polar surface area (TPSA) is 124 Å². The van der Waals surface area contributed by atoms with E-state index in [0.29, 0.717) is 66.2 Å². The number of aromatic nitrogens is 4. The molecule has 1 amide bonds. The number of hydrogen-bond donors (Lipinski definition) is 1. The predicted octanol–water partition coefficient (Wildman–Crippen LogP) is 3.61. The Morgan fingerprint density at radius 3 is 2.49 bits per heavy atom. The van der Waals surface area contributed by atoms with Gasteiger partial charge in [0.25, 0.3) is 5.91 Å². The van der Waals surface area contributed by atoms with Gasteiger partial charge in [-0.05, 0) is 42.5 Å². The Hall–Kier alpha value is -5.06. The minimum Gasteiger partial charge on any atom is -0.493 e. The molecule has 1 aliphatic heterocycles. The molecule has 1 saturated heterocycles. The highest BCUT2D eigenvalue weighted by Gasteiger charge is 2.24. The molecule has 11 nitrogen and oxygen atoms in total. The van der Waals surface area contributed by atoms with Crippen LogP contribution in [0.2, 0.25) is 0 Å². The number of amides is 1. The average molecular weight is 526 g/mol. The Morgan fingerprint density at radius 2 is 1.74 bits per heavy atom. The second kappa shape index (κ2) is 10.0. The predicted molar refractivity (Wildman–Crippen MR) is 146 cm³/mol. The van der Waals surface area contributed by atoms with Crippen LogP contribution in [-0.4, -0.2) is 70.8 Å². The van der Waals surface area contributed by atoms with E-state index in [1.165, 1.54) is 4.52 Å². The number of nitrogens with zero attached hydrogens (tertiary/aromatic N) is 6. The molecular formula is C28H27N7O4. The molecule has 0 atom stereocenters. The maximum atomic E-state index is 13.1. The zero-order valence-corrected chi connectivity index (χ0v) is 21.6. The number of carbonyl (C=O) groups excluding carboxylic acids is 1. The lowest BCUT2D eigenvalue weighted by Crippen LogP contribution is -2.48. The summed E-state index contributed by atoms with van der Waals surface area (Å²) in [7, 11) is 3.13. The van der Waals surface area contributed by atoms with E-state index in [0.717, 1.165) is 11.3 Å². The number of piperazine rings is 1. The van der Waals surface area contributed by atoms with Crippen molar-refractivity contribution in [3.05, 3.63) is 72.5 Å². The highest BCUT2D eigenvalue weighted by Crippen LogP contribution is 2.29. The Bertz CT molecular complexity index is 1640. The SMILES string of the molecule is COc1ccc(C(=O)N2CCN(c3cccc(-c4cc5nc(-c6ccco6)nn5c(N)n4)c3)CC2)cc1OC. The molecule has 0 spiro atoms. The minimum absolute atomic E-state index is 0.0282. The highest BCUT2D eigenvalue weighted by atomic mass is 16.5. The van der Waals surface area contributed by atoms with Gasteiger partial charge in [-0.3, -0.25) is 4.79 Å². The van der Waals surface area contributed by atoms with E-state index in [1.807, 2.05) is 23.1 Å². The zero-order chi connectivity index (χ0) is 26.9. The van der Waals surface area contributed by atoms with Crippen LogP contribution < -0.4 is 20.1 Å². The fourth-order valence-electron chi connectivity index (χ4n) is 4.75. The van der Waals surface area contributed by atoms with Crippen LogP contribution in [0.15, 0.2) is 71.3 Å². The second-order valence-electron chi connectivity index (χ2n) is 9.08. The molecule has 3 aromatic heterocycles. The summed E-state index contributed by atoms with van der Waals surface area (Å²) in [5.41, 5.74) is 10.0. The fraction of sp³-hybridized carbons (Fsp3) is 0.214. The van der Waals surface area contributed by atoms with Crippen LogP contribution >= 0.6 is 0 Å². The van der Waals surface area contributed by atoms with Crippen molar-refractivity contribution in [2.75, 3.05) is 51.0 Å². The normalized spacial score (nSPS) is 13.6. The lowest BCUT2D eigenvalue weighted by atomic mass is 10.1. The van der Waals surface area contributed by atoms with Crippen molar-refractivity contribution in [3.63, 3.8) is 0 Å². The Morgan fingerprint density at radius 1 is 0.923 bits per heavy atom. The molecule has 11 heteroatoms. The van der Waals surface area contributed by atoms with E-state index in [2.05, 4.69) is 32.1 Å². The van der Waals surface area contributed by atoms with Gasteiger partial charge in [0.2, 0.25) is 11.8 Å². The second-order valence-corrected chi connectivity index (χ2v) is 9.08. The van der Waals surface area contributed by atoms with Gasteiger partial charge in [-0.2, -0.15) is 4.52 Å². The van der Waals surface area contributed by atoms with E-state index < -0.39 is 0 Å². The number of carbonyl (C=O) groups is 1. The standard InChI is InChI=1S/C28H27N7O4/c1-37-22-9-8-19(16-24(22)38-2)27(36)34-12-10-33(11-13-34)20-6-3-5-18(15-20)21-17-25-31-26(23-7-4-14-39-23)32-35(25)28(29)30-21/h3-9,14-17H,10-13H2,1-2H3,(H2,29,30). The molecule has 1 aliphatic rings. The van der Waals surface area contributed by atoms with Gasteiger partial charge in [-0.15, -0.1) is 5.10 Å². The van der Waals surface area contributed by atoms with Crippen LogP contribution in [0.1, 0.15) is 10.4 Å². The molecule has 6 rings (SSSR count). The molecule has 39 heavy (non-hydrogen) atoms. The molecular weight excluding hydrogens is 498 g/mol. The van der Waals surface area contributed by atoms with Gasteiger partial charge in [-0.25, -0.2) is 9.97 Å². The molecule has 1 fully saturated rings. The fourth-order valence-corrected chi connectivity index (χ4v) is 4.75.